The van der Waals surface area contributed by atoms with Crippen LogP contribution < -0.4 is 5.32 Å². The zero-order valence-electron chi connectivity index (χ0n) is 13.2. The predicted molar refractivity (Wildman–Crippen MR) is 87.0 cm³/mol. The highest BCUT2D eigenvalue weighted by atomic mass is 16.3. The summed E-state index contributed by atoms with van der Waals surface area (Å²) >= 11 is 0. The monoisotopic (exact) mass is 277 g/mol. The Morgan fingerprint density at radius 1 is 0.900 bits per heavy atom. The maximum atomic E-state index is 9.30. The van der Waals surface area contributed by atoms with Gasteiger partial charge < -0.3 is 10.4 Å². The average molecular weight is 277 g/mol. The number of rotatable bonds is 11. The molecule has 0 saturated heterocycles. The molecule has 0 aliphatic carbocycles. The Kier molecular flexibility index (Phi) is 9.14. The SMILES string of the molecule is CCCCCC(CCCCC)NCc1ccc(O)cc1. The summed E-state index contributed by atoms with van der Waals surface area (Å²) in [6.07, 6.45) is 10.5. The third kappa shape index (κ3) is 7.54. The quantitative estimate of drug-likeness (QED) is 0.557. The first kappa shape index (κ1) is 17.0. The molecule has 20 heavy (non-hydrogen) atoms. The molecule has 0 heterocycles. The molecule has 0 spiro atoms. The number of hydrogen-bond acceptors (Lipinski definition) is 2. The van der Waals surface area contributed by atoms with Gasteiger partial charge in [-0.25, -0.2) is 0 Å². The molecule has 1 rings (SSSR count). The Morgan fingerprint density at radius 3 is 1.95 bits per heavy atom. The van der Waals surface area contributed by atoms with Crippen LogP contribution in [0, 0.1) is 0 Å². The molecule has 114 valence electrons. The van der Waals surface area contributed by atoms with Crippen LogP contribution in [0.3, 0.4) is 0 Å². The number of benzene rings is 1. The summed E-state index contributed by atoms with van der Waals surface area (Å²) in [6, 6.07) is 8.16. The molecule has 0 fully saturated rings. The lowest BCUT2D eigenvalue weighted by Crippen LogP contribution is -2.28. The molecule has 0 saturated carbocycles. The molecule has 0 unspecified atom stereocenters. The van der Waals surface area contributed by atoms with Crippen LogP contribution >= 0.6 is 0 Å². The Balaban J connectivity index is 2.35. The lowest BCUT2D eigenvalue weighted by atomic mass is 10.0. The second kappa shape index (κ2) is 10.7. The molecule has 0 atom stereocenters. The third-order valence-corrected chi connectivity index (χ3v) is 3.84. The fourth-order valence-electron chi connectivity index (χ4n) is 2.51. The first-order valence-corrected chi connectivity index (χ1v) is 8.27. The van der Waals surface area contributed by atoms with Crippen molar-refractivity contribution in [2.24, 2.45) is 0 Å². The second-order valence-corrected chi connectivity index (χ2v) is 5.74. The molecule has 0 aromatic heterocycles. The predicted octanol–water partition coefficient (Wildman–Crippen LogP) is 5.01. The van der Waals surface area contributed by atoms with Crippen molar-refractivity contribution in [2.45, 2.75) is 77.8 Å². The van der Waals surface area contributed by atoms with Crippen LogP contribution in [0.15, 0.2) is 24.3 Å². The molecule has 0 radical (unpaired) electrons. The third-order valence-electron chi connectivity index (χ3n) is 3.84. The maximum Gasteiger partial charge on any atom is 0.115 e. The molecule has 0 aliphatic rings. The van der Waals surface area contributed by atoms with Gasteiger partial charge in [0.05, 0.1) is 0 Å². The van der Waals surface area contributed by atoms with Crippen LogP contribution in [0.4, 0.5) is 0 Å². The minimum Gasteiger partial charge on any atom is -0.508 e. The highest BCUT2D eigenvalue weighted by Crippen LogP contribution is 2.13. The standard InChI is InChI=1S/C18H31NO/c1-3-5-7-9-17(10-8-6-4-2)19-15-16-11-13-18(20)14-12-16/h11-14,17,19-20H,3-10,15H2,1-2H3. The largest absolute Gasteiger partial charge is 0.508 e. The Morgan fingerprint density at radius 2 is 1.45 bits per heavy atom. The second-order valence-electron chi connectivity index (χ2n) is 5.74. The van der Waals surface area contributed by atoms with Crippen molar-refractivity contribution in [1.29, 1.82) is 0 Å². The van der Waals surface area contributed by atoms with E-state index in [4.69, 9.17) is 0 Å². The number of aromatic hydroxyl groups is 1. The summed E-state index contributed by atoms with van der Waals surface area (Å²) < 4.78 is 0. The smallest absolute Gasteiger partial charge is 0.115 e. The zero-order chi connectivity index (χ0) is 14.6. The topological polar surface area (TPSA) is 32.3 Å². The fourth-order valence-corrected chi connectivity index (χ4v) is 2.51. The molecular formula is C18H31NO. The van der Waals surface area contributed by atoms with Gasteiger partial charge in [-0.05, 0) is 30.5 Å². The van der Waals surface area contributed by atoms with E-state index in [0.29, 0.717) is 11.8 Å². The lowest BCUT2D eigenvalue weighted by Gasteiger charge is -2.19. The molecule has 2 nitrogen and oxygen atoms in total. The summed E-state index contributed by atoms with van der Waals surface area (Å²) in [5.74, 6) is 0.344. The highest BCUT2D eigenvalue weighted by Gasteiger charge is 2.07. The van der Waals surface area contributed by atoms with Crippen molar-refractivity contribution in [3.63, 3.8) is 0 Å². The van der Waals surface area contributed by atoms with Gasteiger partial charge in [-0.2, -0.15) is 0 Å². The van der Waals surface area contributed by atoms with Gasteiger partial charge in [0, 0.05) is 12.6 Å². The molecular weight excluding hydrogens is 246 g/mol. The van der Waals surface area contributed by atoms with Crippen LogP contribution in [0.1, 0.15) is 70.8 Å². The van der Waals surface area contributed by atoms with Gasteiger partial charge in [-0.1, -0.05) is 64.5 Å². The van der Waals surface area contributed by atoms with Crippen molar-refractivity contribution in [3.8, 4) is 5.75 Å². The van der Waals surface area contributed by atoms with Gasteiger partial charge in [0.15, 0.2) is 0 Å². The summed E-state index contributed by atoms with van der Waals surface area (Å²) in [5, 5.41) is 13.0. The minimum atomic E-state index is 0.344. The number of unbranched alkanes of at least 4 members (excludes halogenated alkanes) is 4. The van der Waals surface area contributed by atoms with E-state index in [1.54, 1.807) is 12.1 Å². The molecule has 1 aromatic carbocycles. The molecule has 2 N–H and O–H groups in total. The van der Waals surface area contributed by atoms with E-state index in [-0.39, 0.29) is 0 Å². The molecule has 0 aliphatic heterocycles. The van der Waals surface area contributed by atoms with Crippen molar-refractivity contribution in [1.82, 2.24) is 5.32 Å². The van der Waals surface area contributed by atoms with Crippen molar-refractivity contribution in [2.75, 3.05) is 0 Å². The highest BCUT2D eigenvalue weighted by molar-refractivity contribution is 5.25. The Labute approximate surface area is 124 Å². The van der Waals surface area contributed by atoms with Crippen molar-refractivity contribution >= 4 is 0 Å². The van der Waals surface area contributed by atoms with Gasteiger partial charge in [0.1, 0.15) is 5.75 Å². The number of phenolic OH excluding ortho intramolecular Hbond substituents is 1. The molecule has 2 heteroatoms. The summed E-state index contributed by atoms with van der Waals surface area (Å²) in [5.41, 5.74) is 1.25. The molecule has 0 bridgehead atoms. The Hall–Kier alpha value is -1.02. The van der Waals surface area contributed by atoms with Gasteiger partial charge >= 0.3 is 0 Å². The van der Waals surface area contributed by atoms with E-state index in [1.165, 1.54) is 56.9 Å². The number of hydrogen-bond donors (Lipinski definition) is 2. The lowest BCUT2D eigenvalue weighted by molar-refractivity contribution is 0.417. The van der Waals surface area contributed by atoms with E-state index in [1.807, 2.05) is 12.1 Å². The molecule has 1 aromatic rings. The Bertz CT molecular complexity index is 324. The van der Waals surface area contributed by atoms with Crippen molar-refractivity contribution < 1.29 is 5.11 Å². The van der Waals surface area contributed by atoms with E-state index in [0.717, 1.165) is 6.54 Å². The van der Waals surface area contributed by atoms with E-state index >= 15 is 0 Å². The maximum absolute atomic E-state index is 9.30. The zero-order valence-corrected chi connectivity index (χ0v) is 13.2. The van der Waals surface area contributed by atoms with Gasteiger partial charge in [-0.3, -0.25) is 0 Å². The van der Waals surface area contributed by atoms with E-state index in [9.17, 15) is 5.11 Å². The van der Waals surface area contributed by atoms with Gasteiger partial charge in [-0.15, -0.1) is 0 Å². The number of nitrogens with one attached hydrogen (secondary N) is 1. The van der Waals surface area contributed by atoms with E-state index in [2.05, 4.69) is 19.2 Å². The van der Waals surface area contributed by atoms with E-state index < -0.39 is 0 Å². The van der Waals surface area contributed by atoms with Gasteiger partial charge in [0.25, 0.3) is 0 Å². The van der Waals surface area contributed by atoms with Crippen LogP contribution in [-0.2, 0) is 6.54 Å². The fraction of sp³-hybridized carbons (Fsp3) is 0.667. The van der Waals surface area contributed by atoms with Crippen LogP contribution in [0.25, 0.3) is 0 Å². The van der Waals surface area contributed by atoms with Crippen LogP contribution in [0.2, 0.25) is 0 Å². The first-order valence-electron chi connectivity index (χ1n) is 8.27. The minimum absolute atomic E-state index is 0.344. The van der Waals surface area contributed by atoms with Crippen LogP contribution in [0.5, 0.6) is 5.75 Å². The summed E-state index contributed by atoms with van der Waals surface area (Å²) in [4.78, 5) is 0. The molecule has 0 amide bonds. The average Bonchev–Trinajstić information content (AvgIpc) is 2.46. The van der Waals surface area contributed by atoms with Crippen molar-refractivity contribution in [3.05, 3.63) is 29.8 Å². The summed E-state index contributed by atoms with van der Waals surface area (Å²) in [6.45, 7) is 5.43. The van der Waals surface area contributed by atoms with Gasteiger partial charge in [0.2, 0.25) is 0 Å². The summed E-state index contributed by atoms with van der Waals surface area (Å²) in [7, 11) is 0. The van der Waals surface area contributed by atoms with Crippen LogP contribution in [-0.4, -0.2) is 11.1 Å². The normalized spacial score (nSPS) is 11.2. The number of phenols is 1. The first-order chi connectivity index (χ1) is 9.76.